The minimum absolute atomic E-state index is 1.07. The molecule has 122 valence electrons. The van der Waals surface area contributed by atoms with Crippen LogP contribution in [0.3, 0.4) is 0 Å². The summed E-state index contributed by atoms with van der Waals surface area (Å²) in [6.45, 7) is 4.50. The molecule has 2 aromatic carbocycles. The predicted molar refractivity (Wildman–Crippen MR) is 106 cm³/mol. The second kappa shape index (κ2) is 6.78. The minimum atomic E-state index is 1.07. The summed E-state index contributed by atoms with van der Waals surface area (Å²) < 4.78 is 1.25. The summed E-state index contributed by atoms with van der Waals surface area (Å²) >= 11 is 1.74. The van der Waals surface area contributed by atoms with Crippen molar-refractivity contribution in [3.05, 3.63) is 58.6 Å². The number of hydrogen-bond donors (Lipinski definition) is 0. The number of aromatic nitrogens is 1. The number of benzene rings is 2. The van der Waals surface area contributed by atoms with Gasteiger partial charge >= 0.3 is 0 Å². The molecule has 4 rings (SSSR count). The first-order valence-corrected chi connectivity index (χ1v) is 9.50. The lowest BCUT2D eigenvalue weighted by atomic mass is 10.1. The van der Waals surface area contributed by atoms with E-state index in [9.17, 15) is 0 Å². The average molecular weight is 334 g/mol. The number of aryl methyl sites for hydroxylation is 1. The number of nitrogens with zero attached hydrogens (tertiary/aromatic N) is 2. The predicted octanol–water partition coefficient (Wildman–Crippen LogP) is 5.77. The van der Waals surface area contributed by atoms with Crippen LogP contribution in [0.5, 0.6) is 0 Å². The fourth-order valence-corrected chi connectivity index (χ4v) is 4.09. The zero-order chi connectivity index (χ0) is 16.4. The van der Waals surface area contributed by atoms with Crippen LogP contribution in [0.25, 0.3) is 22.4 Å². The van der Waals surface area contributed by atoms with Crippen LogP contribution in [0.4, 0.5) is 5.69 Å². The Morgan fingerprint density at radius 2 is 1.75 bits per heavy atom. The Labute approximate surface area is 147 Å². The second-order valence-electron chi connectivity index (χ2n) is 6.50. The Balaban J connectivity index is 1.50. The summed E-state index contributed by atoms with van der Waals surface area (Å²) in [6, 6.07) is 15.4. The highest BCUT2D eigenvalue weighted by Gasteiger charge is 2.10. The Morgan fingerprint density at radius 3 is 2.54 bits per heavy atom. The molecule has 0 radical (unpaired) electrons. The Morgan fingerprint density at radius 1 is 0.958 bits per heavy atom. The highest BCUT2D eigenvalue weighted by Crippen LogP contribution is 2.25. The van der Waals surface area contributed by atoms with Gasteiger partial charge in [0.05, 0.1) is 10.2 Å². The van der Waals surface area contributed by atoms with Crippen molar-refractivity contribution in [3.8, 4) is 0 Å². The van der Waals surface area contributed by atoms with Gasteiger partial charge in [-0.2, -0.15) is 0 Å². The molecule has 0 aliphatic carbocycles. The van der Waals surface area contributed by atoms with Gasteiger partial charge in [0.1, 0.15) is 5.01 Å². The maximum absolute atomic E-state index is 4.70. The van der Waals surface area contributed by atoms with E-state index in [1.165, 1.54) is 53.9 Å². The Kier molecular flexibility index (Phi) is 4.35. The highest BCUT2D eigenvalue weighted by molar-refractivity contribution is 7.19. The lowest BCUT2D eigenvalue weighted by molar-refractivity contribution is 0.578. The second-order valence-corrected chi connectivity index (χ2v) is 7.56. The molecule has 0 bridgehead atoms. The lowest BCUT2D eigenvalue weighted by Gasteiger charge is -2.28. The molecule has 0 saturated carbocycles. The first kappa shape index (κ1) is 15.4. The Bertz CT molecular complexity index is 855. The van der Waals surface area contributed by atoms with E-state index in [0.717, 1.165) is 10.5 Å². The van der Waals surface area contributed by atoms with Gasteiger partial charge in [-0.05, 0) is 67.7 Å². The molecule has 2 nitrogen and oxygen atoms in total. The largest absolute Gasteiger partial charge is 0.372 e. The molecule has 3 aromatic rings. The van der Waals surface area contributed by atoms with Gasteiger partial charge in [-0.25, -0.2) is 4.98 Å². The third-order valence-electron chi connectivity index (χ3n) is 4.59. The first-order chi connectivity index (χ1) is 11.8. The van der Waals surface area contributed by atoms with Crippen molar-refractivity contribution in [1.29, 1.82) is 0 Å². The van der Waals surface area contributed by atoms with Crippen LogP contribution < -0.4 is 4.90 Å². The smallest absolute Gasteiger partial charge is 0.117 e. The van der Waals surface area contributed by atoms with Gasteiger partial charge in [0.15, 0.2) is 0 Å². The topological polar surface area (TPSA) is 16.1 Å². The molecule has 1 aromatic heterocycles. The molecular weight excluding hydrogens is 312 g/mol. The zero-order valence-corrected chi connectivity index (χ0v) is 14.9. The molecule has 0 spiro atoms. The van der Waals surface area contributed by atoms with Gasteiger partial charge in [-0.3, -0.25) is 0 Å². The summed E-state index contributed by atoms with van der Waals surface area (Å²) in [5.74, 6) is 0. The summed E-state index contributed by atoms with van der Waals surface area (Å²) in [4.78, 5) is 7.20. The van der Waals surface area contributed by atoms with Crippen LogP contribution in [-0.2, 0) is 0 Å². The van der Waals surface area contributed by atoms with Crippen LogP contribution in [0, 0.1) is 6.92 Å². The van der Waals surface area contributed by atoms with Crippen LogP contribution in [0.2, 0.25) is 0 Å². The van der Waals surface area contributed by atoms with E-state index in [-0.39, 0.29) is 0 Å². The standard InChI is InChI=1S/C21H22N2S/c1-16-5-11-20-19(15-16)22-21(24-20)12-8-17-6-9-18(10-7-17)23-13-3-2-4-14-23/h5-12,15H,2-4,13-14H2,1H3. The van der Waals surface area contributed by atoms with Gasteiger partial charge in [0.25, 0.3) is 0 Å². The van der Waals surface area contributed by atoms with Gasteiger partial charge in [0, 0.05) is 18.8 Å². The molecule has 0 amide bonds. The van der Waals surface area contributed by atoms with Crippen molar-refractivity contribution in [2.24, 2.45) is 0 Å². The van der Waals surface area contributed by atoms with Crippen molar-refractivity contribution in [2.45, 2.75) is 26.2 Å². The van der Waals surface area contributed by atoms with E-state index in [1.807, 2.05) is 0 Å². The first-order valence-electron chi connectivity index (χ1n) is 8.68. The minimum Gasteiger partial charge on any atom is -0.372 e. The van der Waals surface area contributed by atoms with E-state index < -0.39 is 0 Å². The SMILES string of the molecule is Cc1ccc2sc(C=Cc3ccc(N4CCCCC4)cc3)nc2c1. The van der Waals surface area contributed by atoms with E-state index in [0.29, 0.717) is 0 Å². The van der Waals surface area contributed by atoms with E-state index >= 15 is 0 Å². The molecule has 1 saturated heterocycles. The van der Waals surface area contributed by atoms with Crippen molar-refractivity contribution >= 4 is 39.4 Å². The van der Waals surface area contributed by atoms with Gasteiger partial charge < -0.3 is 4.90 Å². The van der Waals surface area contributed by atoms with Gasteiger partial charge in [-0.15, -0.1) is 11.3 Å². The third-order valence-corrected chi connectivity index (χ3v) is 5.59. The number of piperidine rings is 1. The molecule has 1 aliphatic rings. The molecule has 0 atom stereocenters. The van der Waals surface area contributed by atoms with Crippen LogP contribution in [0.1, 0.15) is 35.4 Å². The molecule has 1 aliphatic heterocycles. The lowest BCUT2D eigenvalue weighted by Crippen LogP contribution is -2.29. The molecule has 3 heteroatoms. The molecular formula is C21H22N2S. The number of anilines is 1. The zero-order valence-electron chi connectivity index (χ0n) is 14.0. The van der Waals surface area contributed by atoms with E-state index in [1.54, 1.807) is 11.3 Å². The molecule has 0 N–H and O–H groups in total. The fraction of sp³-hybridized carbons (Fsp3) is 0.286. The molecule has 2 heterocycles. The molecule has 24 heavy (non-hydrogen) atoms. The van der Waals surface area contributed by atoms with Crippen molar-refractivity contribution in [3.63, 3.8) is 0 Å². The third kappa shape index (κ3) is 3.36. The van der Waals surface area contributed by atoms with Crippen molar-refractivity contribution in [1.82, 2.24) is 4.98 Å². The number of rotatable bonds is 3. The highest BCUT2D eigenvalue weighted by atomic mass is 32.1. The summed E-state index contributed by atoms with van der Waals surface area (Å²) in [5, 5.41) is 1.07. The van der Waals surface area contributed by atoms with Gasteiger partial charge in [-0.1, -0.05) is 24.3 Å². The van der Waals surface area contributed by atoms with Crippen LogP contribution >= 0.6 is 11.3 Å². The monoisotopic (exact) mass is 334 g/mol. The summed E-state index contributed by atoms with van der Waals surface area (Å²) in [5.41, 5.74) is 4.94. The normalized spacial score (nSPS) is 15.5. The van der Waals surface area contributed by atoms with Crippen molar-refractivity contribution in [2.75, 3.05) is 18.0 Å². The number of hydrogen-bond acceptors (Lipinski definition) is 3. The summed E-state index contributed by atoms with van der Waals surface area (Å²) in [7, 11) is 0. The van der Waals surface area contributed by atoms with Gasteiger partial charge in [0.2, 0.25) is 0 Å². The maximum atomic E-state index is 4.70. The molecule has 0 unspecified atom stereocenters. The van der Waals surface area contributed by atoms with Crippen LogP contribution in [-0.4, -0.2) is 18.1 Å². The molecule has 1 fully saturated rings. The number of fused-ring (bicyclic) bond motifs is 1. The van der Waals surface area contributed by atoms with Crippen LogP contribution in [0.15, 0.2) is 42.5 Å². The average Bonchev–Trinajstić information content (AvgIpc) is 3.03. The maximum Gasteiger partial charge on any atom is 0.117 e. The van der Waals surface area contributed by atoms with Crippen molar-refractivity contribution < 1.29 is 0 Å². The number of thiazole rings is 1. The Hall–Kier alpha value is -2.13. The quantitative estimate of drug-likeness (QED) is 0.605. The van der Waals surface area contributed by atoms with E-state index in [2.05, 4.69) is 66.4 Å². The van der Waals surface area contributed by atoms with E-state index in [4.69, 9.17) is 4.98 Å². The summed E-state index contributed by atoms with van der Waals surface area (Å²) in [6.07, 6.45) is 8.29. The fourth-order valence-electron chi connectivity index (χ4n) is 3.24.